The van der Waals surface area contributed by atoms with Crippen molar-refractivity contribution in [2.75, 3.05) is 5.73 Å². The quantitative estimate of drug-likeness (QED) is 0.334. The van der Waals surface area contributed by atoms with Gasteiger partial charge in [0.25, 0.3) is 11.2 Å². The fourth-order valence-electron chi connectivity index (χ4n) is 3.06. The fraction of sp³-hybridized carbons (Fsp3) is 0.200. The van der Waals surface area contributed by atoms with Crippen molar-refractivity contribution in [3.05, 3.63) is 85.3 Å². The van der Waals surface area contributed by atoms with E-state index in [2.05, 4.69) is 4.98 Å². The number of nitro benzene ring substituents is 1. The number of halogens is 6. The molecule has 13 heteroatoms. The second-order valence-corrected chi connectivity index (χ2v) is 7.06. The van der Waals surface area contributed by atoms with Gasteiger partial charge < -0.3 is 5.73 Å². The zero-order valence-electron chi connectivity index (χ0n) is 16.7. The van der Waals surface area contributed by atoms with Crippen LogP contribution in [0, 0.1) is 17.0 Å². The molecular weight excluding hydrogens is 458 g/mol. The lowest BCUT2D eigenvalue weighted by atomic mass is 10.1. The first-order chi connectivity index (χ1) is 15.2. The molecule has 0 aliphatic rings. The molecule has 0 atom stereocenters. The molecule has 3 aromatic rings. The first-order valence-corrected chi connectivity index (χ1v) is 9.09. The van der Waals surface area contributed by atoms with Gasteiger partial charge in [-0.1, -0.05) is 29.8 Å². The number of hydrogen-bond acceptors (Lipinski definition) is 5. The van der Waals surface area contributed by atoms with Crippen LogP contribution in [0.25, 0.3) is 11.4 Å². The minimum Gasteiger partial charge on any atom is -0.392 e. The number of nitrogens with two attached hydrogens (primary N) is 1. The summed E-state index contributed by atoms with van der Waals surface area (Å²) >= 11 is 0. The van der Waals surface area contributed by atoms with Crippen molar-refractivity contribution in [1.82, 2.24) is 9.55 Å². The van der Waals surface area contributed by atoms with E-state index in [1.807, 2.05) is 0 Å². The molecule has 0 bridgehead atoms. The molecular formula is C20H14F6N4O3. The normalized spacial score (nSPS) is 12.1. The van der Waals surface area contributed by atoms with Crippen molar-refractivity contribution >= 4 is 11.4 Å². The van der Waals surface area contributed by atoms with Gasteiger partial charge in [0.1, 0.15) is 5.69 Å². The van der Waals surface area contributed by atoms with Gasteiger partial charge in [-0.2, -0.15) is 26.3 Å². The van der Waals surface area contributed by atoms with Crippen LogP contribution in [0.5, 0.6) is 0 Å². The second-order valence-electron chi connectivity index (χ2n) is 7.06. The molecule has 0 radical (unpaired) electrons. The lowest BCUT2D eigenvalue weighted by molar-refractivity contribution is -0.384. The Labute approximate surface area is 181 Å². The maximum atomic E-state index is 13.4. The number of aryl methyl sites for hydroxylation is 1. The van der Waals surface area contributed by atoms with Gasteiger partial charge in [0, 0.05) is 6.07 Å². The number of aromatic nitrogens is 2. The van der Waals surface area contributed by atoms with Crippen molar-refractivity contribution in [3.63, 3.8) is 0 Å². The number of nitrogen functional groups attached to an aromatic ring is 1. The molecule has 7 nitrogen and oxygen atoms in total. The Balaban J connectivity index is 2.36. The van der Waals surface area contributed by atoms with E-state index in [4.69, 9.17) is 5.73 Å². The number of alkyl halides is 6. The third-order valence-electron chi connectivity index (χ3n) is 4.70. The largest absolute Gasteiger partial charge is 0.435 e. The van der Waals surface area contributed by atoms with E-state index in [-0.39, 0.29) is 12.6 Å². The van der Waals surface area contributed by atoms with Gasteiger partial charge >= 0.3 is 12.4 Å². The Morgan fingerprint density at radius 3 is 2.15 bits per heavy atom. The molecule has 0 spiro atoms. The average Bonchev–Trinajstić information content (AvgIpc) is 2.71. The minimum absolute atomic E-state index is 0.168. The standard InChI is InChI=1S/C20H14F6N4O3/c1-10-2-4-11(5-3-10)9-29-17(28-16(20(24,25)26)15(27)18(29)31)13-7-6-12(19(21,22)23)8-14(13)30(32)33/h2-8H,9,27H2,1H3. The summed E-state index contributed by atoms with van der Waals surface area (Å²) in [6, 6.07) is 7.64. The van der Waals surface area contributed by atoms with E-state index in [9.17, 15) is 41.3 Å². The van der Waals surface area contributed by atoms with Crippen molar-refractivity contribution in [1.29, 1.82) is 0 Å². The van der Waals surface area contributed by atoms with Crippen LogP contribution in [-0.2, 0) is 18.9 Å². The Bertz CT molecular complexity index is 1280. The van der Waals surface area contributed by atoms with Crippen LogP contribution < -0.4 is 11.3 Å². The number of hydrogen-bond donors (Lipinski definition) is 1. The first-order valence-electron chi connectivity index (χ1n) is 9.09. The summed E-state index contributed by atoms with van der Waals surface area (Å²) in [4.78, 5) is 26.4. The lowest BCUT2D eigenvalue weighted by Crippen LogP contribution is -2.30. The van der Waals surface area contributed by atoms with Gasteiger partial charge in [-0.25, -0.2) is 4.98 Å². The maximum absolute atomic E-state index is 13.4. The Morgan fingerprint density at radius 2 is 1.64 bits per heavy atom. The molecule has 0 aliphatic carbocycles. The summed E-state index contributed by atoms with van der Waals surface area (Å²) < 4.78 is 80.1. The fourth-order valence-corrected chi connectivity index (χ4v) is 3.06. The van der Waals surface area contributed by atoms with Crippen LogP contribution in [0.15, 0.2) is 47.3 Å². The van der Waals surface area contributed by atoms with Crippen LogP contribution in [0.3, 0.4) is 0 Å². The SMILES string of the molecule is Cc1ccc(Cn2c(-c3ccc(C(F)(F)F)cc3[N+](=O)[O-])nc(C(F)(F)F)c(N)c2=O)cc1. The average molecular weight is 472 g/mol. The van der Waals surface area contributed by atoms with Crippen LogP contribution >= 0.6 is 0 Å². The van der Waals surface area contributed by atoms with Crippen molar-refractivity contribution < 1.29 is 31.3 Å². The lowest BCUT2D eigenvalue weighted by Gasteiger charge is -2.17. The molecule has 2 aromatic carbocycles. The summed E-state index contributed by atoms with van der Waals surface area (Å²) in [5.41, 5.74) is -1.02. The predicted octanol–water partition coefficient (Wildman–Crippen LogP) is 4.80. The van der Waals surface area contributed by atoms with E-state index >= 15 is 0 Å². The van der Waals surface area contributed by atoms with Crippen LogP contribution in [-0.4, -0.2) is 14.5 Å². The van der Waals surface area contributed by atoms with Gasteiger partial charge in [0.05, 0.1) is 22.6 Å². The molecule has 3 rings (SSSR count). The molecule has 33 heavy (non-hydrogen) atoms. The van der Waals surface area contributed by atoms with E-state index < -0.39 is 56.9 Å². The molecule has 2 N–H and O–H groups in total. The van der Waals surface area contributed by atoms with Gasteiger partial charge in [-0.3, -0.25) is 19.5 Å². The van der Waals surface area contributed by atoms with Crippen molar-refractivity contribution in [2.24, 2.45) is 0 Å². The molecule has 0 aliphatic heterocycles. The molecule has 1 heterocycles. The first kappa shape index (κ1) is 23.8. The highest BCUT2D eigenvalue weighted by molar-refractivity contribution is 5.70. The van der Waals surface area contributed by atoms with Gasteiger partial charge in [0.2, 0.25) is 0 Å². The number of nitrogens with zero attached hydrogens (tertiary/aromatic N) is 3. The molecule has 0 saturated carbocycles. The van der Waals surface area contributed by atoms with E-state index in [0.29, 0.717) is 22.3 Å². The monoisotopic (exact) mass is 472 g/mol. The van der Waals surface area contributed by atoms with E-state index in [1.165, 1.54) is 0 Å². The molecule has 0 amide bonds. The second kappa shape index (κ2) is 8.22. The van der Waals surface area contributed by atoms with Crippen molar-refractivity contribution in [2.45, 2.75) is 25.8 Å². The molecule has 0 saturated heterocycles. The number of benzene rings is 2. The van der Waals surface area contributed by atoms with Crippen LogP contribution in [0.4, 0.5) is 37.7 Å². The predicted molar refractivity (Wildman–Crippen MR) is 105 cm³/mol. The van der Waals surface area contributed by atoms with Crippen molar-refractivity contribution in [3.8, 4) is 11.4 Å². The number of rotatable bonds is 4. The highest BCUT2D eigenvalue weighted by Gasteiger charge is 2.39. The van der Waals surface area contributed by atoms with Crippen LogP contribution in [0.1, 0.15) is 22.4 Å². The summed E-state index contributed by atoms with van der Waals surface area (Å²) in [7, 11) is 0. The van der Waals surface area contributed by atoms with E-state index in [1.54, 1.807) is 31.2 Å². The number of nitro groups is 1. The minimum atomic E-state index is -5.19. The Kier molecular flexibility index (Phi) is 5.92. The highest BCUT2D eigenvalue weighted by atomic mass is 19.4. The third-order valence-corrected chi connectivity index (χ3v) is 4.70. The zero-order valence-corrected chi connectivity index (χ0v) is 16.7. The molecule has 174 valence electrons. The van der Waals surface area contributed by atoms with E-state index in [0.717, 1.165) is 5.56 Å². The topological polar surface area (TPSA) is 104 Å². The highest BCUT2D eigenvalue weighted by Crippen LogP contribution is 2.38. The summed E-state index contributed by atoms with van der Waals surface area (Å²) in [5, 5.41) is 11.5. The molecule has 1 aromatic heterocycles. The number of anilines is 1. The molecule has 0 fully saturated rings. The Morgan fingerprint density at radius 1 is 1.03 bits per heavy atom. The maximum Gasteiger partial charge on any atom is 0.435 e. The molecule has 0 unspecified atom stereocenters. The summed E-state index contributed by atoms with van der Waals surface area (Å²) in [5.74, 6) is -0.845. The summed E-state index contributed by atoms with van der Waals surface area (Å²) in [6.07, 6.45) is -10.1. The van der Waals surface area contributed by atoms with Gasteiger partial charge in [-0.05, 0) is 24.6 Å². The van der Waals surface area contributed by atoms with Gasteiger partial charge in [0.15, 0.2) is 11.5 Å². The zero-order chi connectivity index (χ0) is 24.7. The smallest absolute Gasteiger partial charge is 0.392 e. The van der Waals surface area contributed by atoms with Gasteiger partial charge in [-0.15, -0.1) is 0 Å². The third kappa shape index (κ3) is 4.81. The van der Waals surface area contributed by atoms with Crippen LogP contribution in [0.2, 0.25) is 0 Å². The summed E-state index contributed by atoms with van der Waals surface area (Å²) in [6.45, 7) is 1.38. The Hall–Kier alpha value is -3.90.